The Kier molecular flexibility index (Phi) is 2.70. The second-order valence-corrected chi connectivity index (χ2v) is 4.72. The fourth-order valence-corrected chi connectivity index (χ4v) is 2.55. The second-order valence-electron chi connectivity index (χ2n) is 4.72. The third kappa shape index (κ3) is 1.95. The van der Waals surface area contributed by atoms with E-state index in [9.17, 15) is 10.1 Å². The molecule has 2 aromatic rings. The molecule has 0 unspecified atom stereocenters. The predicted molar refractivity (Wildman–Crippen MR) is 71.3 cm³/mol. The van der Waals surface area contributed by atoms with Crippen LogP contribution in [-0.2, 0) is 12.8 Å². The standard InChI is InChI=1S/C13H14N4O2/c14-10-7-9(5-6-12(10)17(18)19)16-8-15-11-3-1-2-4-13(11)16/h5-8H,1-4,14H2. The van der Waals surface area contributed by atoms with Crippen LogP contribution in [0.4, 0.5) is 11.4 Å². The molecule has 1 aliphatic carbocycles. The summed E-state index contributed by atoms with van der Waals surface area (Å²) < 4.78 is 1.98. The molecule has 6 heteroatoms. The molecule has 3 rings (SSSR count). The minimum atomic E-state index is -0.470. The van der Waals surface area contributed by atoms with Gasteiger partial charge >= 0.3 is 0 Å². The Balaban J connectivity index is 2.05. The molecule has 0 saturated carbocycles. The van der Waals surface area contributed by atoms with E-state index in [0.717, 1.165) is 30.6 Å². The Morgan fingerprint density at radius 1 is 1.32 bits per heavy atom. The van der Waals surface area contributed by atoms with Crippen LogP contribution >= 0.6 is 0 Å². The van der Waals surface area contributed by atoms with Gasteiger partial charge in [0.05, 0.1) is 16.9 Å². The van der Waals surface area contributed by atoms with Crippen LogP contribution in [0, 0.1) is 10.1 Å². The number of aryl methyl sites for hydroxylation is 1. The number of imidazole rings is 1. The molecule has 0 saturated heterocycles. The molecular weight excluding hydrogens is 244 g/mol. The third-order valence-electron chi connectivity index (χ3n) is 3.52. The predicted octanol–water partition coefficient (Wildman–Crippen LogP) is 2.24. The first-order valence-electron chi connectivity index (χ1n) is 6.26. The maximum atomic E-state index is 10.8. The van der Waals surface area contributed by atoms with Crippen LogP contribution in [0.1, 0.15) is 24.2 Å². The summed E-state index contributed by atoms with van der Waals surface area (Å²) >= 11 is 0. The number of nitro groups is 1. The van der Waals surface area contributed by atoms with E-state index in [4.69, 9.17) is 5.73 Å². The van der Waals surface area contributed by atoms with Crippen molar-refractivity contribution in [1.82, 2.24) is 9.55 Å². The number of anilines is 1. The fourth-order valence-electron chi connectivity index (χ4n) is 2.55. The second kappa shape index (κ2) is 4.38. The third-order valence-corrected chi connectivity index (χ3v) is 3.52. The van der Waals surface area contributed by atoms with E-state index in [1.807, 2.05) is 4.57 Å². The van der Waals surface area contributed by atoms with Gasteiger partial charge in [0.15, 0.2) is 0 Å². The van der Waals surface area contributed by atoms with Gasteiger partial charge < -0.3 is 10.3 Å². The minimum absolute atomic E-state index is 0.0577. The van der Waals surface area contributed by atoms with Crippen molar-refractivity contribution in [2.75, 3.05) is 5.73 Å². The van der Waals surface area contributed by atoms with Gasteiger partial charge in [-0.15, -0.1) is 0 Å². The summed E-state index contributed by atoms with van der Waals surface area (Å²) in [4.78, 5) is 14.7. The molecule has 0 aliphatic heterocycles. The number of aromatic nitrogens is 2. The van der Waals surface area contributed by atoms with Crippen molar-refractivity contribution in [3.05, 3.63) is 46.0 Å². The lowest BCUT2D eigenvalue weighted by Gasteiger charge is -2.14. The number of nitro benzene ring substituents is 1. The van der Waals surface area contributed by atoms with Crippen molar-refractivity contribution in [2.24, 2.45) is 0 Å². The molecule has 1 aliphatic rings. The summed E-state index contributed by atoms with van der Waals surface area (Å²) in [6.07, 6.45) is 6.10. The Hall–Kier alpha value is -2.37. The van der Waals surface area contributed by atoms with Gasteiger partial charge in [0.1, 0.15) is 5.69 Å². The molecule has 0 spiro atoms. The van der Waals surface area contributed by atoms with E-state index in [0.29, 0.717) is 0 Å². The van der Waals surface area contributed by atoms with Gasteiger partial charge in [-0.05, 0) is 37.8 Å². The smallest absolute Gasteiger partial charge is 0.292 e. The Morgan fingerprint density at radius 2 is 2.11 bits per heavy atom. The van der Waals surface area contributed by atoms with E-state index in [-0.39, 0.29) is 11.4 Å². The Morgan fingerprint density at radius 3 is 2.84 bits per heavy atom. The SMILES string of the molecule is Nc1cc(-n2cnc3c2CCCC3)ccc1[N+](=O)[O-]. The van der Waals surface area contributed by atoms with Crippen LogP contribution in [0.25, 0.3) is 5.69 Å². The molecule has 0 amide bonds. The molecular formula is C13H14N4O2. The molecule has 0 radical (unpaired) electrons. The summed E-state index contributed by atoms with van der Waals surface area (Å²) in [5, 5.41) is 10.8. The van der Waals surface area contributed by atoms with E-state index < -0.39 is 4.92 Å². The first kappa shape index (κ1) is 11.7. The highest BCUT2D eigenvalue weighted by molar-refractivity contribution is 5.62. The first-order chi connectivity index (χ1) is 9.16. The number of hydrogen-bond donors (Lipinski definition) is 1. The van der Waals surface area contributed by atoms with Crippen LogP contribution in [0.2, 0.25) is 0 Å². The van der Waals surface area contributed by atoms with Crippen molar-refractivity contribution in [3.8, 4) is 5.69 Å². The van der Waals surface area contributed by atoms with Gasteiger partial charge in [-0.2, -0.15) is 0 Å². The van der Waals surface area contributed by atoms with E-state index in [2.05, 4.69) is 4.98 Å². The number of nitrogens with two attached hydrogens (primary N) is 1. The van der Waals surface area contributed by atoms with Crippen LogP contribution in [0.5, 0.6) is 0 Å². The van der Waals surface area contributed by atoms with Crippen LogP contribution < -0.4 is 5.73 Å². The van der Waals surface area contributed by atoms with Crippen molar-refractivity contribution < 1.29 is 4.92 Å². The molecule has 6 nitrogen and oxygen atoms in total. The average molecular weight is 258 g/mol. The molecule has 98 valence electrons. The molecule has 0 fully saturated rings. The minimum Gasteiger partial charge on any atom is -0.393 e. The maximum absolute atomic E-state index is 10.8. The zero-order valence-electron chi connectivity index (χ0n) is 10.4. The van der Waals surface area contributed by atoms with Crippen LogP contribution in [-0.4, -0.2) is 14.5 Å². The molecule has 1 heterocycles. The highest BCUT2D eigenvalue weighted by Crippen LogP contribution is 2.27. The van der Waals surface area contributed by atoms with E-state index in [1.165, 1.54) is 18.2 Å². The molecule has 0 atom stereocenters. The number of nitrogen functional groups attached to an aromatic ring is 1. The van der Waals surface area contributed by atoms with Gasteiger partial charge in [0, 0.05) is 17.4 Å². The number of benzene rings is 1. The Labute approximate surface area is 110 Å². The van der Waals surface area contributed by atoms with Crippen LogP contribution in [0.3, 0.4) is 0 Å². The van der Waals surface area contributed by atoms with Crippen molar-refractivity contribution in [1.29, 1.82) is 0 Å². The molecule has 1 aromatic carbocycles. The molecule has 2 N–H and O–H groups in total. The monoisotopic (exact) mass is 258 g/mol. The van der Waals surface area contributed by atoms with Gasteiger partial charge in [-0.25, -0.2) is 4.98 Å². The number of rotatable bonds is 2. The van der Waals surface area contributed by atoms with Gasteiger partial charge in [-0.1, -0.05) is 0 Å². The molecule has 0 bridgehead atoms. The largest absolute Gasteiger partial charge is 0.393 e. The highest BCUT2D eigenvalue weighted by atomic mass is 16.6. The summed E-state index contributed by atoms with van der Waals surface area (Å²) in [6.45, 7) is 0. The topological polar surface area (TPSA) is 87.0 Å². The number of hydrogen-bond acceptors (Lipinski definition) is 4. The van der Waals surface area contributed by atoms with Crippen molar-refractivity contribution >= 4 is 11.4 Å². The zero-order chi connectivity index (χ0) is 13.4. The van der Waals surface area contributed by atoms with Crippen molar-refractivity contribution in [3.63, 3.8) is 0 Å². The molecule has 1 aromatic heterocycles. The van der Waals surface area contributed by atoms with Gasteiger partial charge in [0.2, 0.25) is 0 Å². The maximum Gasteiger partial charge on any atom is 0.292 e. The van der Waals surface area contributed by atoms with Crippen LogP contribution in [0.15, 0.2) is 24.5 Å². The van der Waals surface area contributed by atoms with Crippen molar-refractivity contribution in [2.45, 2.75) is 25.7 Å². The zero-order valence-corrected chi connectivity index (χ0v) is 10.4. The number of fused-ring (bicyclic) bond motifs is 1. The van der Waals surface area contributed by atoms with Gasteiger partial charge in [0.25, 0.3) is 5.69 Å². The lowest BCUT2D eigenvalue weighted by molar-refractivity contribution is -0.383. The van der Waals surface area contributed by atoms with Gasteiger partial charge in [-0.3, -0.25) is 10.1 Å². The summed E-state index contributed by atoms with van der Waals surface area (Å²) in [7, 11) is 0. The summed E-state index contributed by atoms with van der Waals surface area (Å²) in [6, 6.07) is 4.79. The quantitative estimate of drug-likeness (QED) is 0.508. The normalized spacial score (nSPS) is 14.1. The van der Waals surface area contributed by atoms with E-state index >= 15 is 0 Å². The Bertz CT molecular complexity index is 648. The molecule has 19 heavy (non-hydrogen) atoms. The summed E-state index contributed by atoms with van der Waals surface area (Å²) in [5.74, 6) is 0. The summed E-state index contributed by atoms with van der Waals surface area (Å²) in [5.41, 5.74) is 9.01. The average Bonchev–Trinajstić information content (AvgIpc) is 2.82. The number of nitrogens with zero attached hydrogens (tertiary/aromatic N) is 3. The lowest BCUT2D eigenvalue weighted by atomic mass is 10.0. The first-order valence-corrected chi connectivity index (χ1v) is 6.26. The lowest BCUT2D eigenvalue weighted by Crippen LogP contribution is -2.07. The van der Waals surface area contributed by atoms with E-state index in [1.54, 1.807) is 18.5 Å². The highest BCUT2D eigenvalue weighted by Gasteiger charge is 2.18. The fraction of sp³-hybridized carbons (Fsp3) is 0.308.